The van der Waals surface area contributed by atoms with Gasteiger partial charge in [0, 0.05) is 0 Å². The molecule has 126 valence electrons. The monoisotopic (exact) mass is 323 g/mol. The van der Waals surface area contributed by atoms with E-state index in [0.717, 1.165) is 36.1 Å². The minimum atomic E-state index is -0.514. The number of carbonyl (C=O) groups excluding carboxylic acids is 1. The molecule has 0 saturated carbocycles. The van der Waals surface area contributed by atoms with Crippen molar-refractivity contribution in [2.45, 2.75) is 52.2 Å². The standard InChI is InChI=1S/C21H25NO2/c1-14-11-12-15(2)20(13-14)24-16(3)21(23)22-19-10-6-8-17-7-4-5-9-18(17)19/h4-5,7,9,11-13,16,19H,6,8,10H2,1-3H3,(H,22,23). The van der Waals surface area contributed by atoms with Crippen LogP contribution in [0, 0.1) is 13.8 Å². The molecule has 0 fully saturated rings. The number of carbonyl (C=O) groups is 1. The second-order valence-corrected chi connectivity index (χ2v) is 6.68. The fourth-order valence-corrected chi connectivity index (χ4v) is 3.27. The summed E-state index contributed by atoms with van der Waals surface area (Å²) in [5, 5.41) is 3.17. The molecule has 2 aromatic carbocycles. The van der Waals surface area contributed by atoms with Crippen LogP contribution in [-0.2, 0) is 11.2 Å². The maximum Gasteiger partial charge on any atom is 0.261 e. The normalized spacial score (nSPS) is 17.7. The molecular weight excluding hydrogens is 298 g/mol. The molecule has 3 rings (SSSR count). The fourth-order valence-electron chi connectivity index (χ4n) is 3.27. The quantitative estimate of drug-likeness (QED) is 0.913. The second kappa shape index (κ2) is 7.08. The Hall–Kier alpha value is -2.29. The summed E-state index contributed by atoms with van der Waals surface area (Å²) in [5.41, 5.74) is 4.76. The summed E-state index contributed by atoms with van der Waals surface area (Å²) in [7, 11) is 0. The molecule has 0 heterocycles. The molecule has 1 aliphatic rings. The molecule has 2 aromatic rings. The average molecular weight is 323 g/mol. The molecule has 1 aliphatic carbocycles. The van der Waals surface area contributed by atoms with Gasteiger partial charge in [0.15, 0.2) is 6.10 Å². The highest BCUT2D eigenvalue weighted by Gasteiger charge is 2.24. The molecule has 0 aliphatic heterocycles. The number of benzene rings is 2. The first-order valence-electron chi connectivity index (χ1n) is 8.66. The van der Waals surface area contributed by atoms with E-state index in [1.165, 1.54) is 11.1 Å². The van der Waals surface area contributed by atoms with Crippen LogP contribution in [0.2, 0.25) is 0 Å². The van der Waals surface area contributed by atoms with Gasteiger partial charge >= 0.3 is 0 Å². The minimum Gasteiger partial charge on any atom is -0.481 e. The third kappa shape index (κ3) is 3.61. The van der Waals surface area contributed by atoms with E-state index in [0.29, 0.717) is 0 Å². The Morgan fingerprint density at radius 1 is 1.21 bits per heavy atom. The molecule has 3 heteroatoms. The van der Waals surface area contributed by atoms with Gasteiger partial charge in [-0.3, -0.25) is 4.79 Å². The Labute approximate surface area is 144 Å². The Kier molecular flexibility index (Phi) is 4.89. The highest BCUT2D eigenvalue weighted by Crippen LogP contribution is 2.29. The van der Waals surface area contributed by atoms with Crippen molar-refractivity contribution in [1.82, 2.24) is 5.32 Å². The number of nitrogens with one attached hydrogen (secondary N) is 1. The maximum atomic E-state index is 12.6. The molecule has 0 radical (unpaired) electrons. The van der Waals surface area contributed by atoms with E-state index in [1.54, 1.807) is 0 Å². The Bertz CT molecular complexity index is 738. The first kappa shape index (κ1) is 16.6. The van der Waals surface area contributed by atoms with Gasteiger partial charge in [0.25, 0.3) is 5.91 Å². The van der Waals surface area contributed by atoms with Crippen LogP contribution in [0.15, 0.2) is 42.5 Å². The van der Waals surface area contributed by atoms with Gasteiger partial charge < -0.3 is 10.1 Å². The summed E-state index contributed by atoms with van der Waals surface area (Å²) in [6, 6.07) is 14.5. The lowest BCUT2D eigenvalue weighted by Gasteiger charge is -2.27. The van der Waals surface area contributed by atoms with Gasteiger partial charge in [-0.2, -0.15) is 0 Å². The summed E-state index contributed by atoms with van der Waals surface area (Å²) >= 11 is 0. The van der Waals surface area contributed by atoms with Gasteiger partial charge in [-0.05, 0) is 68.4 Å². The van der Waals surface area contributed by atoms with E-state index >= 15 is 0 Å². The van der Waals surface area contributed by atoms with Crippen molar-refractivity contribution in [3.05, 3.63) is 64.7 Å². The Balaban J connectivity index is 1.68. The highest BCUT2D eigenvalue weighted by atomic mass is 16.5. The van der Waals surface area contributed by atoms with Crippen LogP contribution in [0.5, 0.6) is 5.75 Å². The summed E-state index contributed by atoms with van der Waals surface area (Å²) in [4.78, 5) is 12.6. The smallest absolute Gasteiger partial charge is 0.261 e. The molecule has 0 bridgehead atoms. The molecule has 0 aromatic heterocycles. The third-order valence-electron chi connectivity index (χ3n) is 4.70. The van der Waals surface area contributed by atoms with Gasteiger partial charge in [-0.1, -0.05) is 36.4 Å². The predicted molar refractivity (Wildman–Crippen MR) is 96.3 cm³/mol. The minimum absolute atomic E-state index is 0.0578. The summed E-state index contributed by atoms with van der Waals surface area (Å²) in [6.07, 6.45) is 2.67. The fraction of sp³-hybridized carbons (Fsp3) is 0.381. The van der Waals surface area contributed by atoms with Crippen LogP contribution in [0.25, 0.3) is 0 Å². The number of hydrogen-bond acceptors (Lipinski definition) is 2. The number of aryl methyl sites for hydroxylation is 3. The van der Waals surface area contributed by atoms with Crippen molar-refractivity contribution >= 4 is 5.91 Å². The number of hydrogen-bond donors (Lipinski definition) is 1. The van der Waals surface area contributed by atoms with E-state index < -0.39 is 6.10 Å². The topological polar surface area (TPSA) is 38.3 Å². The van der Waals surface area contributed by atoms with Gasteiger partial charge in [0.2, 0.25) is 0 Å². The summed E-state index contributed by atoms with van der Waals surface area (Å²) in [5.74, 6) is 0.722. The molecule has 2 unspecified atom stereocenters. The molecule has 1 N–H and O–H groups in total. The third-order valence-corrected chi connectivity index (χ3v) is 4.70. The van der Waals surface area contributed by atoms with Gasteiger partial charge in [0.1, 0.15) is 5.75 Å². The van der Waals surface area contributed by atoms with Gasteiger partial charge in [-0.25, -0.2) is 0 Å². The van der Waals surface area contributed by atoms with Crippen molar-refractivity contribution in [3.8, 4) is 5.75 Å². The molecular formula is C21H25NO2. The lowest BCUT2D eigenvalue weighted by molar-refractivity contribution is -0.128. The van der Waals surface area contributed by atoms with Crippen LogP contribution in [-0.4, -0.2) is 12.0 Å². The molecule has 2 atom stereocenters. The van der Waals surface area contributed by atoms with Crippen molar-refractivity contribution in [3.63, 3.8) is 0 Å². The van der Waals surface area contributed by atoms with E-state index in [4.69, 9.17) is 4.74 Å². The van der Waals surface area contributed by atoms with Crippen LogP contribution in [0.3, 0.4) is 0 Å². The molecule has 1 amide bonds. The van der Waals surface area contributed by atoms with Crippen molar-refractivity contribution in [2.75, 3.05) is 0 Å². The van der Waals surface area contributed by atoms with E-state index in [9.17, 15) is 4.79 Å². The SMILES string of the molecule is Cc1ccc(C)c(OC(C)C(=O)NC2CCCc3ccccc32)c1. The first-order valence-corrected chi connectivity index (χ1v) is 8.66. The van der Waals surface area contributed by atoms with Crippen LogP contribution in [0.1, 0.15) is 48.1 Å². The van der Waals surface area contributed by atoms with Gasteiger partial charge in [0.05, 0.1) is 6.04 Å². The average Bonchev–Trinajstić information content (AvgIpc) is 2.58. The van der Waals surface area contributed by atoms with Crippen molar-refractivity contribution in [2.24, 2.45) is 0 Å². The zero-order valence-electron chi connectivity index (χ0n) is 14.6. The number of fused-ring (bicyclic) bond motifs is 1. The largest absolute Gasteiger partial charge is 0.481 e. The lowest BCUT2D eigenvalue weighted by atomic mass is 9.87. The van der Waals surface area contributed by atoms with Crippen molar-refractivity contribution in [1.29, 1.82) is 0 Å². The maximum absolute atomic E-state index is 12.6. The summed E-state index contributed by atoms with van der Waals surface area (Å²) < 4.78 is 5.91. The predicted octanol–water partition coefficient (Wildman–Crippen LogP) is 4.26. The highest BCUT2D eigenvalue weighted by molar-refractivity contribution is 5.81. The van der Waals surface area contributed by atoms with E-state index in [1.807, 2.05) is 45.0 Å². The zero-order valence-corrected chi connectivity index (χ0v) is 14.6. The number of amides is 1. The van der Waals surface area contributed by atoms with Crippen LogP contribution >= 0.6 is 0 Å². The van der Waals surface area contributed by atoms with E-state index in [2.05, 4.69) is 23.5 Å². The Morgan fingerprint density at radius 3 is 2.83 bits per heavy atom. The molecule has 0 spiro atoms. The second-order valence-electron chi connectivity index (χ2n) is 6.68. The zero-order chi connectivity index (χ0) is 17.1. The molecule has 24 heavy (non-hydrogen) atoms. The van der Waals surface area contributed by atoms with Crippen molar-refractivity contribution < 1.29 is 9.53 Å². The van der Waals surface area contributed by atoms with Gasteiger partial charge in [-0.15, -0.1) is 0 Å². The van der Waals surface area contributed by atoms with Crippen LogP contribution < -0.4 is 10.1 Å². The molecule has 3 nitrogen and oxygen atoms in total. The first-order chi connectivity index (χ1) is 11.5. The Morgan fingerprint density at radius 2 is 2.00 bits per heavy atom. The van der Waals surface area contributed by atoms with Crippen LogP contribution in [0.4, 0.5) is 0 Å². The number of rotatable bonds is 4. The number of ether oxygens (including phenoxy) is 1. The van der Waals surface area contributed by atoms with E-state index in [-0.39, 0.29) is 11.9 Å². The summed E-state index contributed by atoms with van der Waals surface area (Å²) in [6.45, 7) is 5.83. The molecule has 0 saturated heterocycles. The lowest BCUT2D eigenvalue weighted by Crippen LogP contribution is -2.39.